The number of nitrogens with zero attached hydrogens (tertiary/aromatic N) is 3. The van der Waals surface area contributed by atoms with Gasteiger partial charge in [0.15, 0.2) is 6.61 Å². The molecule has 0 radical (unpaired) electrons. The van der Waals surface area contributed by atoms with Crippen LogP contribution < -0.4 is 4.74 Å². The van der Waals surface area contributed by atoms with Crippen molar-refractivity contribution in [2.24, 2.45) is 7.05 Å². The second kappa shape index (κ2) is 3.65. The van der Waals surface area contributed by atoms with Gasteiger partial charge in [0, 0.05) is 31.9 Å². The van der Waals surface area contributed by atoms with E-state index in [2.05, 4.69) is 5.10 Å². The van der Waals surface area contributed by atoms with Crippen LogP contribution in [0.2, 0.25) is 0 Å². The summed E-state index contributed by atoms with van der Waals surface area (Å²) in [6, 6.07) is 1.66. The number of aryl methyl sites for hydroxylation is 1. The first kappa shape index (κ1) is 10.5. The minimum Gasteiger partial charge on any atom is -0.470 e. The summed E-state index contributed by atoms with van der Waals surface area (Å²) in [6.45, 7) is 3.06. The molecule has 0 aliphatic carbocycles. The Hall–Kier alpha value is -1.59. The van der Waals surface area contributed by atoms with E-state index in [4.69, 9.17) is 4.74 Å². The van der Waals surface area contributed by atoms with Crippen LogP contribution >= 0.6 is 0 Å². The van der Waals surface area contributed by atoms with Gasteiger partial charge in [-0.2, -0.15) is 5.10 Å². The number of hydrogen-bond acceptors (Lipinski definition) is 4. The van der Waals surface area contributed by atoms with Gasteiger partial charge in [-0.1, -0.05) is 0 Å². The molecule has 0 atom stereocenters. The standard InChI is InChI=1S/C8H13N3O3/c1-8(2,11(12)13)6-14-7-4-5-9-10(7)3/h4-5H,6H2,1-3H3. The molecule has 0 bridgehead atoms. The lowest BCUT2D eigenvalue weighted by Crippen LogP contribution is -2.37. The Bertz CT molecular complexity index is 332. The molecule has 0 unspecified atom stereocenters. The molecule has 1 rings (SSSR count). The van der Waals surface area contributed by atoms with Gasteiger partial charge in [0.1, 0.15) is 0 Å². The van der Waals surface area contributed by atoms with Crippen molar-refractivity contribution in [3.05, 3.63) is 22.4 Å². The molecule has 0 spiro atoms. The molecule has 1 aromatic rings. The molecule has 0 saturated heterocycles. The van der Waals surface area contributed by atoms with E-state index in [1.807, 2.05) is 0 Å². The molecule has 6 nitrogen and oxygen atoms in total. The summed E-state index contributed by atoms with van der Waals surface area (Å²) in [5.74, 6) is 0.528. The summed E-state index contributed by atoms with van der Waals surface area (Å²) in [6.07, 6.45) is 1.58. The third kappa shape index (κ3) is 2.21. The van der Waals surface area contributed by atoms with Crippen molar-refractivity contribution >= 4 is 0 Å². The Balaban J connectivity index is 2.57. The third-order valence-electron chi connectivity index (χ3n) is 1.84. The van der Waals surface area contributed by atoms with Gasteiger partial charge >= 0.3 is 0 Å². The average molecular weight is 199 g/mol. The smallest absolute Gasteiger partial charge is 0.250 e. The van der Waals surface area contributed by atoms with Crippen LogP contribution in [0.4, 0.5) is 0 Å². The van der Waals surface area contributed by atoms with Crippen molar-refractivity contribution in [2.75, 3.05) is 6.61 Å². The average Bonchev–Trinajstić information content (AvgIpc) is 2.47. The van der Waals surface area contributed by atoms with Crippen LogP contribution in [-0.4, -0.2) is 26.8 Å². The van der Waals surface area contributed by atoms with Crippen LogP contribution in [0.1, 0.15) is 13.8 Å². The van der Waals surface area contributed by atoms with Crippen molar-refractivity contribution in [1.82, 2.24) is 9.78 Å². The normalized spacial score (nSPS) is 11.4. The molecule has 0 aromatic carbocycles. The molecule has 1 aromatic heterocycles. The molecule has 0 fully saturated rings. The van der Waals surface area contributed by atoms with Crippen molar-refractivity contribution in [1.29, 1.82) is 0 Å². The first-order valence-electron chi connectivity index (χ1n) is 4.19. The Morgan fingerprint density at radius 2 is 2.36 bits per heavy atom. The van der Waals surface area contributed by atoms with Gasteiger partial charge in [0.2, 0.25) is 11.4 Å². The highest BCUT2D eigenvalue weighted by atomic mass is 16.6. The monoisotopic (exact) mass is 199 g/mol. The predicted octanol–water partition coefficient (Wildman–Crippen LogP) is 0.854. The van der Waals surface area contributed by atoms with Crippen LogP contribution in [0.3, 0.4) is 0 Å². The van der Waals surface area contributed by atoms with Gasteiger partial charge in [0.25, 0.3) is 0 Å². The zero-order chi connectivity index (χ0) is 10.8. The van der Waals surface area contributed by atoms with Crippen molar-refractivity contribution in [2.45, 2.75) is 19.4 Å². The first-order valence-corrected chi connectivity index (χ1v) is 4.19. The van der Waals surface area contributed by atoms with E-state index in [-0.39, 0.29) is 11.5 Å². The largest absolute Gasteiger partial charge is 0.470 e. The fraction of sp³-hybridized carbons (Fsp3) is 0.625. The van der Waals surface area contributed by atoms with Gasteiger partial charge in [0.05, 0.1) is 6.20 Å². The van der Waals surface area contributed by atoms with E-state index in [0.717, 1.165) is 0 Å². The molecule has 0 amide bonds. The SMILES string of the molecule is Cn1nccc1OCC(C)(C)[N+](=O)[O-]. The molecule has 0 saturated carbocycles. The predicted molar refractivity (Wildman–Crippen MR) is 49.8 cm³/mol. The highest BCUT2D eigenvalue weighted by molar-refractivity contribution is 5.06. The van der Waals surface area contributed by atoms with Crippen LogP contribution in [0.5, 0.6) is 5.88 Å². The molecule has 1 heterocycles. The quantitative estimate of drug-likeness (QED) is 0.532. The van der Waals surface area contributed by atoms with Gasteiger partial charge < -0.3 is 4.74 Å². The second-order valence-corrected chi connectivity index (χ2v) is 3.65. The van der Waals surface area contributed by atoms with E-state index in [0.29, 0.717) is 5.88 Å². The minimum absolute atomic E-state index is 0.0273. The lowest BCUT2D eigenvalue weighted by molar-refractivity contribution is -0.562. The molecule has 0 aliphatic rings. The number of nitro groups is 1. The number of rotatable bonds is 4. The van der Waals surface area contributed by atoms with Gasteiger partial charge in [-0.25, -0.2) is 4.68 Å². The third-order valence-corrected chi connectivity index (χ3v) is 1.84. The van der Waals surface area contributed by atoms with Crippen molar-refractivity contribution in [3.8, 4) is 5.88 Å². The van der Waals surface area contributed by atoms with E-state index >= 15 is 0 Å². The zero-order valence-electron chi connectivity index (χ0n) is 8.43. The van der Waals surface area contributed by atoms with Crippen LogP contribution in [0.25, 0.3) is 0 Å². The Labute approximate surface area is 81.6 Å². The topological polar surface area (TPSA) is 70.2 Å². The van der Waals surface area contributed by atoms with Gasteiger partial charge in [-0.3, -0.25) is 10.1 Å². The summed E-state index contributed by atoms with van der Waals surface area (Å²) in [4.78, 5) is 10.2. The Morgan fingerprint density at radius 3 is 2.79 bits per heavy atom. The van der Waals surface area contributed by atoms with Crippen LogP contribution in [-0.2, 0) is 7.05 Å². The molecule has 6 heteroatoms. The summed E-state index contributed by atoms with van der Waals surface area (Å²) in [5, 5.41) is 14.5. The molecule has 14 heavy (non-hydrogen) atoms. The molecule has 0 N–H and O–H groups in total. The fourth-order valence-corrected chi connectivity index (χ4v) is 0.807. The summed E-state index contributed by atoms with van der Waals surface area (Å²) in [7, 11) is 1.72. The van der Waals surface area contributed by atoms with Crippen molar-refractivity contribution in [3.63, 3.8) is 0 Å². The highest BCUT2D eigenvalue weighted by Gasteiger charge is 2.31. The zero-order valence-corrected chi connectivity index (χ0v) is 8.43. The Morgan fingerprint density at radius 1 is 1.71 bits per heavy atom. The molecule has 0 aliphatic heterocycles. The number of hydrogen-bond donors (Lipinski definition) is 0. The van der Waals surface area contributed by atoms with Crippen molar-refractivity contribution < 1.29 is 9.66 Å². The minimum atomic E-state index is -1.08. The van der Waals surface area contributed by atoms with E-state index in [1.54, 1.807) is 19.3 Å². The number of aromatic nitrogens is 2. The summed E-state index contributed by atoms with van der Waals surface area (Å²) >= 11 is 0. The molecule has 78 valence electrons. The van der Waals surface area contributed by atoms with E-state index < -0.39 is 5.54 Å². The number of ether oxygens (including phenoxy) is 1. The molecular weight excluding hydrogens is 186 g/mol. The lowest BCUT2D eigenvalue weighted by Gasteiger charge is -2.15. The lowest BCUT2D eigenvalue weighted by atomic mass is 10.1. The summed E-state index contributed by atoms with van der Waals surface area (Å²) in [5.41, 5.74) is -1.08. The highest BCUT2D eigenvalue weighted by Crippen LogP contribution is 2.12. The fourth-order valence-electron chi connectivity index (χ4n) is 0.807. The summed E-state index contributed by atoms with van der Waals surface area (Å²) < 4.78 is 6.79. The maximum Gasteiger partial charge on any atom is 0.250 e. The van der Waals surface area contributed by atoms with Crippen LogP contribution in [0.15, 0.2) is 12.3 Å². The van der Waals surface area contributed by atoms with E-state index in [1.165, 1.54) is 18.5 Å². The van der Waals surface area contributed by atoms with Gasteiger partial charge in [-0.15, -0.1) is 0 Å². The van der Waals surface area contributed by atoms with Crippen LogP contribution in [0, 0.1) is 10.1 Å². The van der Waals surface area contributed by atoms with Gasteiger partial charge in [-0.05, 0) is 0 Å². The second-order valence-electron chi connectivity index (χ2n) is 3.65. The maximum atomic E-state index is 10.6. The van der Waals surface area contributed by atoms with E-state index in [9.17, 15) is 10.1 Å². The first-order chi connectivity index (χ1) is 6.43. The Kier molecular flexibility index (Phi) is 2.73. The maximum absolute atomic E-state index is 10.6. The molecular formula is C8H13N3O3.